The van der Waals surface area contributed by atoms with Crippen LogP contribution < -0.4 is 5.32 Å². The molecule has 18 heavy (non-hydrogen) atoms. The van der Waals surface area contributed by atoms with Crippen LogP contribution in [-0.2, 0) is 0 Å². The maximum absolute atomic E-state index is 4.62. The predicted octanol–water partition coefficient (Wildman–Crippen LogP) is 3.69. The van der Waals surface area contributed by atoms with E-state index in [0.29, 0.717) is 12.1 Å². The summed E-state index contributed by atoms with van der Waals surface area (Å²) >= 11 is 0. The first kappa shape index (κ1) is 13.6. The molecule has 0 aromatic carbocycles. The molecule has 0 aliphatic heterocycles. The molecule has 1 heterocycles. The zero-order valence-corrected chi connectivity index (χ0v) is 12.0. The smallest absolute Gasteiger partial charge is 0.0547 e. The van der Waals surface area contributed by atoms with Crippen molar-refractivity contribution >= 4 is 0 Å². The van der Waals surface area contributed by atoms with Crippen LogP contribution in [0.4, 0.5) is 0 Å². The summed E-state index contributed by atoms with van der Waals surface area (Å²) in [5, 5.41) is 8.07. The van der Waals surface area contributed by atoms with Crippen LogP contribution in [0.25, 0.3) is 0 Å². The maximum atomic E-state index is 4.62. The van der Waals surface area contributed by atoms with Gasteiger partial charge in [-0.25, -0.2) is 0 Å². The third-order valence-corrected chi connectivity index (χ3v) is 4.36. The van der Waals surface area contributed by atoms with Gasteiger partial charge in [0.25, 0.3) is 0 Å². The fraction of sp³-hybridized carbons (Fsp3) is 0.800. The Kier molecular flexibility index (Phi) is 4.81. The highest BCUT2D eigenvalue weighted by Crippen LogP contribution is 2.35. The third kappa shape index (κ3) is 2.94. The Morgan fingerprint density at radius 1 is 1.39 bits per heavy atom. The molecular formula is C15H27N3. The van der Waals surface area contributed by atoms with Crippen molar-refractivity contribution in [2.45, 2.75) is 65.0 Å². The standard InChI is InChI=1S/C15H27N3/c1-4-13-8-6-7-9-15(13)18-11-14(10-17-18)12(3)16-5-2/h10-13,15-16H,4-9H2,1-3H3. The van der Waals surface area contributed by atoms with Gasteiger partial charge in [0.2, 0.25) is 0 Å². The van der Waals surface area contributed by atoms with Crippen molar-refractivity contribution in [2.75, 3.05) is 6.54 Å². The molecule has 1 saturated carbocycles. The van der Waals surface area contributed by atoms with Crippen molar-refractivity contribution in [1.82, 2.24) is 15.1 Å². The Balaban J connectivity index is 2.08. The zero-order chi connectivity index (χ0) is 13.0. The first-order chi connectivity index (χ1) is 8.76. The molecule has 1 aliphatic rings. The molecule has 1 aromatic heterocycles. The van der Waals surface area contributed by atoms with Crippen LogP contribution in [0.1, 0.15) is 70.5 Å². The fourth-order valence-corrected chi connectivity index (χ4v) is 3.19. The highest BCUT2D eigenvalue weighted by molar-refractivity contribution is 5.10. The van der Waals surface area contributed by atoms with Crippen molar-refractivity contribution < 1.29 is 0 Å². The molecule has 2 rings (SSSR count). The highest BCUT2D eigenvalue weighted by atomic mass is 15.3. The average molecular weight is 249 g/mol. The molecule has 3 atom stereocenters. The van der Waals surface area contributed by atoms with Gasteiger partial charge in [-0.05, 0) is 32.2 Å². The SMILES string of the molecule is CCNC(C)c1cnn(C2CCCCC2CC)c1. The minimum Gasteiger partial charge on any atom is -0.310 e. The maximum Gasteiger partial charge on any atom is 0.0547 e. The van der Waals surface area contributed by atoms with Crippen LogP contribution in [0.2, 0.25) is 0 Å². The fourth-order valence-electron chi connectivity index (χ4n) is 3.19. The van der Waals surface area contributed by atoms with Gasteiger partial charge in [0.15, 0.2) is 0 Å². The Hall–Kier alpha value is -0.830. The van der Waals surface area contributed by atoms with E-state index < -0.39 is 0 Å². The average Bonchev–Trinajstić information content (AvgIpc) is 2.88. The van der Waals surface area contributed by atoms with Gasteiger partial charge in [0.1, 0.15) is 0 Å². The Morgan fingerprint density at radius 3 is 2.89 bits per heavy atom. The van der Waals surface area contributed by atoms with Crippen LogP contribution >= 0.6 is 0 Å². The first-order valence-corrected chi connectivity index (χ1v) is 7.53. The van der Waals surface area contributed by atoms with Crippen molar-refractivity contribution in [3.63, 3.8) is 0 Å². The van der Waals surface area contributed by atoms with Gasteiger partial charge in [-0.15, -0.1) is 0 Å². The van der Waals surface area contributed by atoms with Gasteiger partial charge in [-0.3, -0.25) is 4.68 Å². The lowest BCUT2D eigenvalue weighted by molar-refractivity contribution is 0.217. The molecule has 3 nitrogen and oxygen atoms in total. The van der Waals surface area contributed by atoms with Gasteiger partial charge < -0.3 is 5.32 Å². The van der Waals surface area contributed by atoms with Crippen LogP contribution in [0.15, 0.2) is 12.4 Å². The molecule has 0 saturated heterocycles. The number of rotatable bonds is 5. The summed E-state index contributed by atoms with van der Waals surface area (Å²) in [7, 11) is 0. The Labute approximate surface area is 111 Å². The third-order valence-electron chi connectivity index (χ3n) is 4.36. The number of hydrogen-bond donors (Lipinski definition) is 1. The Morgan fingerprint density at radius 2 is 2.17 bits per heavy atom. The summed E-state index contributed by atoms with van der Waals surface area (Å²) in [4.78, 5) is 0. The predicted molar refractivity (Wildman–Crippen MR) is 75.6 cm³/mol. The van der Waals surface area contributed by atoms with Gasteiger partial charge in [-0.2, -0.15) is 5.10 Å². The second-order valence-corrected chi connectivity index (χ2v) is 5.55. The summed E-state index contributed by atoms with van der Waals surface area (Å²) in [6, 6.07) is 1.04. The molecule has 0 bridgehead atoms. The molecule has 0 amide bonds. The van der Waals surface area contributed by atoms with Crippen LogP contribution in [0.3, 0.4) is 0 Å². The molecule has 1 aliphatic carbocycles. The van der Waals surface area contributed by atoms with E-state index in [2.05, 4.69) is 42.1 Å². The van der Waals surface area contributed by atoms with E-state index in [1.807, 2.05) is 6.20 Å². The summed E-state index contributed by atoms with van der Waals surface area (Å²) in [5.41, 5.74) is 1.32. The van der Waals surface area contributed by atoms with E-state index in [4.69, 9.17) is 0 Å². The van der Waals surface area contributed by atoms with E-state index >= 15 is 0 Å². The second kappa shape index (κ2) is 6.37. The van der Waals surface area contributed by atoms with Gasteiger partial charge in [0.05, 0.1) is 12.2 Å². The monoisotopic (exact) mass is 249 g/mol. The quantitative estimate of drug-likeness (QED) is 0.862. The van der Waals surface area contributed by atoms with Gasteiger partial charge in [-0.1, -0.05) is 33.1 Å². The zero-order valence-electron chi connectivity index (χ0n) is 12.0. The van der Waals surface area contributed by atoms with Crippen LogP contribution in [0, 0.1) is 5.92 Å². The molecular weight excluding hydrogens is 222 g/mol. The number of nitrogens with zero attached hydrogens (tertiary/aromatic N) is 2. The second-order valence-electron chi connectivity index (χ2n) is 5.55. The number of hydrogen-bond acceptors (Lipinski definition) is 2. The van der Waals surface area contributed by atoms with Crippen LogP contribution in [-0.4, -0.2) is 16.3 Å². The summed E-state index contributed by atoms with van der Waals surface area (Å²) in [5.74, 6) is 0.820. The topological polar surface area (TPSA) is 29.9 Å². The van der Waals surface area contributed by atoms with E-state index in [1.165, 1.54) is 37.7 Å². The summed E-state index contributed by atoms with van der Waals surface area (Å²) in [6.45, 7) is 7.68. The first-order valence-electron chi connectivity index (χ1n) is 7.53. The van der Waals surface area contributed by atoms with E-state index in [0.717, 1.165) is 12.5 Å². The molecule has 102 valence electrons. The van der Waals surface area contributed by atoms with Crippen molar-refractivity contribution in [1.29, 1.82) is 0 Å². The van der Waals surface area contributed by atoms with Crippen molar-refractivity contribution in [3.8, 4) is 0 Å². The lowest BCUT2D eigenvalue weighted by Crippen LogP contribution is -2.23. The van der Waals surface area contributed by atoms with E-state index in [9.17, 15) is 0 Å². The highest BCUT2D eigenvalue weighted by Gasteiger charge is 2.25. The number of nitrogens with one attached hydrogen (secondary N) is 1. The molecule has 3 heteroatoms. The lowest BCUT2D eigenvalue weighted by atomic mass is 9.83. The normalized spacial score (nSPS) is 26.2. The molecule has 1 aromatic rings. The van der Waals surface area contributed by atoms with Crippen molar-refractivity contribution in [2.24, 2.45) is 5.92 Å². The minimum absolute atomic E-state index is 0.410. The minimum atomic E-state index is 0.410. The summed E-state index contributed by atoms with van der Waals surface area (Å²) in [6.07, 6.45) is 11.0. The molecule has 1 fully saturated rings. The lowest BCUT2D eigenvalue weighted by Gasteiger charge is -2.31. The molecule has 3 unspecified atom stereocenters. The van der Waals surface area contributed by atoms with Crippen molar-refractivity contribution in [3.05, 3.63) is 18.0 Å². The van der Waals surface area contributed by atoms with Gasteiger partial charge >= 0.3 is 0 Å². The molecule has 0 radical (unpaired) electrons. The summed E-state index contributed by atoms with van der Waals surface area (Å²) < 4.78 is 2.23. The number of aromatic nitrogens is 2. The van der Waals surface area contributed by atoms with Gasteiger partial charge in [0, 0.05) is 17.8 Å². The van der Waals surface area contributed by atoms with E-state index in [-0.39, 0.29) is 0 Å². The molecule has 1 N–H and O–H groups in total. The van der Waals surface area contributed by atoms with E-state index in [1.54, 1.807) is 0 Å². The molecule has 0 spiro atoms. The van der Waals surface area contributed by atoms with Crippen LogP contribution in [0.5, 0.6) is 0 Å². The Bertz CT molecular complexity index is 358. The largest absolute Gasteiger partial charge is 0.310 e.